The molecular formula is C16H22BrFN2. The second-order valence-electron chi connectivity index (χ2n) is 5.62. The largest absolute Gasteiger partial charge is 0.380 e. The molecule has 0 unspecified atom stereocenters. The molecule has 1 N–H and O–H groups in total. The van der Waals surface area contributed by atoms with E-state index in [1.807, 2.05) is 6.07 Å². The zero-order chi connectivity index (χ0) is 14.5. The lowest BCUT2D eigenvalue weighted by Gasteiger charge is -2.32. The second kappa shape index (κ2) is 7.23. The van der Waals surface area contributed by atoms with Crippen LogP contribution >= 0.6 is 15.9 Å². The number of nitrogens with one attached hydrogen (secondary N) is 1. The van der Waals surface area contributed by atoms with Gasteiger partial charge in [0.2, 0.25) is 0 Å². The monoisotopic (exact) mass is 340 g/mol. The van der Waals surface area contributed by atoms with Gasteiger partial charge < -0.3 is 5.32 Å². The lowest BCUT2D eigenvalue weighted by molar-refractivity contribution is 0.239. The first-order valence-corrected chi connectivity index (χ1v) is 7.91. The summed E-state index contributed by atoms with van der Waals surface area (Å²) in [5.41, 5.74) is 1.96. The van der Waals surface area contributed by atoms with E-state index < -0.39 is 0 Å². The van der Waals surface area contributed by atoms with Crippen molar-refractivity contribution in [1.82, 2.24) is 4.90 Å². The number of piperidine rings is 1. The number of benzene rings is 1. The van der Waals surface area contributed by atoms with Crippen molar-refractivity contribution >= 4 is 21.6 Å². The Morgan fingerprint density at radius 2 is 2.10 bits per heavy atom. The molecule has 1 aromatic carbocycles. The average Bonchev–Trinajstić information content (AvgIpc) is 2.42. The molecule has 110 valence electrons. The lowest BCUT2D eigenvalue weighted by Crippen LogP contribution is -2.39. The molecule has 1 aromatic rings. The van der Waals surface area contributed by atoms with E-state index >= 15 is 0 Å². The number of hydrogen-bond donors (Lipinski definition) is 1. The highest BCUT2D eigenvalue weighted by molar-refractivity contribution is 9.10. The van der Waals surface area contributed by atoms with Gasteiger partial charge in [0.1, 0.15) is 5.82 Å². The number of rotatable bonds is 4. The Kier molecular flexibility index (Phi) is 5.61. The number of anilines is 1. The Labute approximate surface area is 129 Å². The molecule has 4 heteroatoms. The van der Waals surface area contributed by atoms with Crippen LogP contribution in [-0.4, -0.2) is 30.6 Å². The van der Waals surface area contributed by atoms with Gasteiger partial charge in [-0.1, -0.05) is 27.6 Å². The van der Waals surface area contributed by atoms with Crippen molar-refractivity contribution in [2.24, 2.45) is 0 Å². The number of hydrogen-bond acceptors (Lipinski definition) is 2. The van der Waals surface area contributed by atoms with Crippen LogP contribution in [0.4, 0.5) is 10.1 Å². The number of nitrogens with zero attached hydrogens (tertiary/aromatic N) is 1. The summed E-state index contributed by atoms with van der Waals surface area (Å²) in [6.07, 6.45) is 4.38. The molecule has 1 heterocycles. The SMILES string of the molecule is CC(C)=CCN1CCC(Nc2cc(Br)ccc2F)CC1. The molecule has 1 fully saturated rings. The molecule has 0 radical (unpaired) electrons. The molecule has 0 spiro atoms. The Morgan fingerprint density at radius 3 is 2.75 bits per heavy atom. The van der Waals surface area contributed by atoms with E-state index in [1.54, 1.807) is 6.07 Å². The average molecular weight is 341 g/mol. The molecule has 0 amide bonds. The minimum absolute atomic E-state index is 0.180. The van der Waals surface area contributed by atoms with Crippen LogP contribution < -0.4 is 5.32 Å². The third-order valence-corrected chi connectivity index (χ3v) is 4.13. The van der Waals surface area contributed by atoms with Gasteiger partial charge in [-0.15, -0.1) is 0 Å². The van der Waals surface area contributed by atoms with E-state index in [0.29, 0.717) is 11.7 Å². The highest BCUT2D eigenvalue weighted by Gasteiger charge is 2.19. The van der Waals surface area contributed by atoms with Crippen molar-refractivity contribution in [3.8, 4) is 0 Å². The summed E-state index contributed by atoms with van der Waals surface area (Å²) in [7, 11) is 0. The summed E-state index contributed by atoms with van der Waals surface area (Å²) < 4.78 is 14.6. The molecule has 0 atom stereocenters. The van der Waals surface area contributed by atoms with Gasteiger partial charge in [-0.3, -0.25) is 4.90 Å². The number of halogens is 2. The lowest BCUT2D eigenvalue weighted by atomic mass is 10.0. The fraction of sp³-hybridized carbons (Fsp3) is 0.500. The number of likely N-dealkylation sites (tertiary alicyclic amines) is 1. The van der Waals surface area contributed by atoms with Crippen molar-refractivity contribution < 1.29 is 4.39 Å². The van der Waals surface area contributed by atoms with E-state index in [1.165, 1.54) is 11.6 Å². The summed E-state index contributed by atoms with van der Waals surface area (Å²) in [5, 5.41) is 3.33. The Morgan fingerprint density at radius 1 is 1.40 bits per heavy atom. The summed E-state index contributed by atoms with van der Waals surface area (Å²) in [4.78, 5) is 2.45. The minimum atomic E-state index is -0.180. The summed E-state index contributed by atoms with van der Waals surface area (Å²) in [5.74, 6) is -0.180. The first-order valence-electron chi connectivity index (χ1n) is 7.12. The highest BCUT2D eigenvalue weighted by Crippen LogP contribution is 2.23. The van der Waals surface area contributed by atoms with Crippen molar-refractivity contribution in [3.63, 3.8) is 0 Å². The van der Waals surface area contributed by atoms with Crippen LogP contribution in [0.5, 0.6) is 0 Å². The van der Waals surface area contributed by atoms with Crippen LogP contribution in [-0.2, 0) is 0 Å². The van der Waals surface area contributed by atoms with Crippen LogP contribution in [0.3, 0.4) is 0 Å². The van der Waals surface area contributed by atoms with Crippen molar-refractivity contribution in [2.75, 3.05) is 25.0 Å². The van der Waals surface area contributed by atoms with Gasteiger partial charge in [-0.2, -0.15) is 0 Å². The van der Waals surface area contributed by atoms with Gasteiger partial charge in [0.05, 0.1) is 5.69 Å². The molecular weight excluding hydrogens is 319 g/mol. The Hall–Kier alpha value is -0.870. The van der Waals surface area contributed by atoms with E-state index in [9.17, 15) is 4.39 Å². The Bertz CT molecular complexity index is 475. The van der Waals surface area contributed by atoms with Crippen molar-refractivity contribution in [1.29, 1.82) is 0 Å². The van der Waals surface area contributed by atoms with Crippen LogP contribution in [0.2, 0.25) is 0 Å². The van der Waals surface area contributed by atoms with Gasteiger partial charge in [-0.25, -0.2) is 4.39 Å². The second-order valence-corrected chi connectivity index (χ2v) is 6.54. The van der Waals surface area contributed by atoms with Crippen LogP contribution in [0.25, 0.3) is 0 Å². The molecule has 2 rings (SSSR count). The van der Waals surface area contributed by atoms with E-state index in [4.69, 9.17) is 0 Å². The predicted molar refractivity (Wildman–Crippen MR) is 86.6 cm³/mol. The molecule has 20 heavy (non-hydrogen) atoms. The predicted octanol–water partition coefficient (Wildman–Crippen LogP) is 4.43. The first-order chi connectivity index (χ1) is 9.54. The van der Waals surface area contributed by atoms with E-state index in [0.717, 1.165) is 36.9 Å². The third kappa shape index (κ3) is 4.60. The molecule has 0 bridgehead atoms. The maximum atomic E-state index is 13.7. The molecule has 0 aliphatic carbocycles. The normalized spacial score (nSPS) is 17.0. The van der Waals surface area contributed by atoms with Gasteiger partial charge in [0.15, 0.2) is 0 Å². The summed E-state index contributed by atoms with van der Waals surface area (Å²) in [6, 6.07) is 5.39. The molecule has 1 aliphatic heterocycles. The summed E-state index contributed by atoms with van der Waals surface area (Å²) >= 11 is 3.38. The Balaban J connectivity index is 1.85. The molecule has 1 saturated heterocycles. The van der Waals surface area contributed by atoms with Gasteiger partial charge in [-0.05, 0) is 44.9 Å². The summed E-state index contributed by atoms with van der Waals surface area (Å²) in [6.45, 7) is 7.42. The zero-order valence-electron chi connectivity index (χ0n) is 12.1. The van der Waals surface area contributed by atoms with Crippen molar-refractivity contribution in [3.05, 3.63) is 40.1 Å². The smallest absolute Gasteiger partial charge is 0.146 e. The quantitative estimate of drug-likeness (QED) is 0.815. The van der Waals surface area contributed by atoms with Gasteiger partial charge in [0.25, 0.3) is 0 Å². The van der Waals surface area contributed by atoms with Gasteiger partial charge >= 0.3 is 0 Å². The molecule has 2 nitrogen and oxygen atoms in total. The van der Waals surface area contributed by atoms with Crippen LogP contribution in [0, 0.1) is 5.82 Å². The fourth-order valence-electron chi connectivity index (χ4n) is 2.40. The maximum absolute atomic E-state index is 13.7. The standard InChI is InChI=1S/C16H22BrFN2/c1-12(2)5-8-20-9-6-14(7-10-20)19-16-11-13(17)3-4-15(16)18/h3-5,11,14,19H,6-10H2,1-2H3. The van der Waals surface area contributed by atoms with Crippen LogP contribution in [0.1, 0.15) is 26.7 Å². The molecule has 0 aromatic heterocycles. The van der Waals surface area contributed by atoms with Crippen molar-refractivity contribution in [2.45, 2.75) is 32.7 Å². The molecule has 0 saturated carbocycles. The minimum Gasteiger partial charge on any atom is -0.380 e. The van der Waals surface area contributed by atoms with Crippen LogP contribution in [0.15, 0.2) is 34.3 Å². The third-order valence-electron chi connectivity index (χ3n) is 3.63. The maximum Gasteiger partial charge on any atom is 0.146 e. The first kappa shape index (κ1) is 15.5. The zero-order valence-corrected chi connectivity index (χ0v) is 13.7. The number of allylic oxidation sites excluding steroid dienone is 1. The fourth-order valence-corrected chi connectivity index (χ4v) is 2.76. The van der Waals surface area contributed by atoms with Gasteiger partial charge in [0, 0.05) is 30.1 Å². The topological polar surface area (TPSA) is 15.3 Å². The van der Waals surface area contributed by atoms with E-state index in [-0.39, 0.29) is 5.82 Å². The highest BCUT2D eigenvalue weighted by atomic mass is 79.9. The molecule has 1 aliphatic rings. The van der Waals surface area contributed by atoms with E-state index in [2.05, 4.69) is 46.1 Å².